The van der Waals surface area contributed by atoms with E-state index in [9.17, 15) is 19.2 Å². The predicted molar refractivity (Wildman–Crippen MR) is 63.0 cm³/mol. The van der Waals surface area contributed by atoms with Crippen LogP contribution in [0.15, 0.2) is 0 Å². The van der Waals surface area contributed by atoms with Gasteiger partial charge in [-0.1, -0.05) is 0 Å². The van der Waals surface area contributed by atoms with Gasteiger partial charge in [0.1, 0.15) is 0 Å². The molecule has 4 atom stereocenters. The van der Waals surface area contributed by atoms with Crippen molar-refractivity contribution >= 4 is 23.9 Å². The van der Waals surface area contributed by atoms with E-state index in [0.717, 1.165) is 0 Å². The maximum atomic E-state index is 11.1. The zero-order chi connectivity index (χ0) is 15.4. The van der Waals surface area contributed by atoms with Gasteiger partial charge in [-0.15, -0.1) is 0 Å². The van der Waals surface area contributed by atoms with Crippen LogP contribution >= 0.6 is 0 Å². The summed E-state index contributed by atoms with van der Waals surface area (Å²) in [6.07, 6.45) is -0.679. The summed E-state index contributed by atoms with van der Waals surface area (Å²) >= 11 is 0. The van der Waals surface area contributed by atoms with Gasteiger partial charge in [0.25, 0.3) is 0 Å². The van der Waals surface area contributed by atoms with Crippen LogP contribution < -0.4 is 0 Å². The maximum Gasteiger partial charge on any atom is 0.307 e. The minimum absolute atomic E-state index is 0.0418. The predicted octanol–water partition coefficient (Wildman–Crippen LogP) is 0.364. The second kappa shape index (κ2) is 6.36. The number of rotatable bonds is 4. The van der Waals surface area contributed by atoms with Gasteiger partial charge in [0, 0.05) is 0 Å². The van der Waals surface area contributed by atoms with Gasteiger partial charge >= 0.3 is 23.9 Å². The third kappa shape index (κ3) is 3.69. The summed E-state index contributed by atoms with van der Waals surface area (Å²) < 4.78 is 0. The van der Waals surface area contributed by atoms with Crippen LogP contribution in [0.2, 0.25) is 0 Å². The standard InChI is InChI=1S/C12H16O8/c13-9(14)5-1-2-7(11(17)18)8(12(19)20)4-6(3-5)10(15)16/h5-8H,1-4H2,(H,13,14)(H,15,16)(H,17,18)(H,19,20). The Morgan fingerprint density at radius 2 is 1.10 bits per heavy atom. The quantitative estimate of drug-likeness (QED) is 0.579. The second-order valence-corrected chi connectivity index (χ2v) is 5.01. The molecule has 4 N–H and O–H groups in total. The van der Waals surface area contributed by atoms with Crippen molar-refractivity contribution < 1.29 is 39.6 Å². The molecular formula is C12H16O8. The molecule has 1 fully saturated rings. The van der Waals surface area contributed by atoms with E-state index in [1.165, 1.54) is 0 Å². The van der Waals surface area contributed by atoms with Crippen LogP contribution in [0.3, 0.4) is 0 Å². The van der Waals surface area contributed by atoms with E-state index in [0.29, 0.717) is 0 Å². The number of hydrogen-bond donors (Lipinski definition) is 4. The molecule has 1 rings (SSSR count). The van der Waals surface area contributed by atoms with Crippen molar-refractivity contribution in [2.24, 2.45) is 23.7 Å². The summed E-state index contributed by atoms with van der Waals surface area (Å²) in [4.78, 5) is 44.4. The summed E-state index contributed by atoms with van der Waals surface area (Å²) in [6.45, 7) is 0. The zero-order valence-electron chi connectivity index (χ0n) is 10.6. The first-order chi connectivity index (χ1) is 9.23. The van der Waals surface area contributed by atoms with Crippen molar-refractivity contribution in [2.75, 3.05) is 0 Å². The summed E-state index contributed by atoms with van der Waals surface area (Å²) in [5.41, 5.74) is 0. The molecule has 0 radical (unpaired) electrons. The average Bonchev–Trinajstić information content (AvgIpc) is 2.26. The molecule has 112 valence electrons. The Bertz CT molecular complexity index is 429. The van der Waals surface area contributed by atoms with Crippen molar-refractivity contribution in [3.63, 3.8) is 0 Å². The number of hydrogen-bond acceptors (Lipinski definition) is 4. The monoisotopic (exact) mass is 288 g/mol. The minimum atomic E-state index is -1.36. The third-order valence-electron chi connectivity index (χ3n) is 3.75. The fourth-order valence-corrected chi connectivity index (χ4v) is 2.60. The van der Waals surface area contributed by atoms with Crippen molar-refractivity contribution in [3.8, 4) is 0 Å². The molecule has 0 aromatic rings. The topological polar surface area (TPSA) is 149 Å². The Morgan fingerprint density at radius 3 is 1.50 bits per heavy atom. The van der Waals surface area contributed by atoms with Crippen LogP contribution in [0, 0.1) is 23.7 Å². The number of carboxylic acid groups (broad SMARTS) is 4. The lowest BCUT2D eigenvalue weighted by atomic mass is 9.74. The minimum Gasteiger partial charge on any atom is -0.481 e. The molecule has 0 aliphatic heterocycles. The highest BCUT2D eigenvalue weighted by Gasteiger charge is 2.41. The van der Waals surface area contributed by atoms with E-state index in [4.69, 9.17) is 20.4 Å². The van der Waals surface area contributed by atoms with Crippen LogP contribution in [0.25, 0.3) is 0 Å². The molecule has 0 bridgehead atoms. The molecule has 0 aromatic carbocycles. The van der Waals surface area contributed by atoms with E-state index in [2.05, 4.69) is 0 Å². The fourth-order valence-electron chi connectivity index (χ4n) is 2.60. The first-order valence-corrected chi connectivity index (χ1v) is 6.15. The van der Waals surface area contributed by atoms with Gasteiger partial charge in [0.15, 0.2) is 0 Å². The SMILES string of the molecule is O=C(O)C1CCC(C(=O)O)C(C(=O)O)CC(C(=O)O)C1. The van der Waals surface area contributed by atoms with Gasteiger partial charge in [-0.3, -0.25) is 19.2 Å². The zero-order valence-corrected chi connectivity index (χ0v) is 10.6. The van der Waals surface area contributed by atoms with Crippen LogP contribution in [0.4, 0.5) is 0 Å². The smallest absolute Gasteiger partial charge is 0.307 e. The molecule has 8 heteroatoms. The van der Waals surface area contributed by atoms with Gasteiger partial charge in [0.2, 0.25) is 0 Å². The summed E-state index contributed by atoms with van der Waals surface area (Å²) in [5.74, 6) is -9.90. The van der Waals surface area contributed by atoms with Gasteiger partial charge in [-0.25, -0.2) is 0 Å². The molecule has 4 unspecified atom stereocenters. The second-order valence-electron chi connectivity index (χ2n) is 5.01. The fraction of sp³-hybridized carbons (Fsp3) is 0.667. The van der Waals surface area contributed by atoms with Crippen molar-refractivity contribution in [1.29, 1.82) is 0 Å². The molecule has 0 amide bonds. The van der Waals surface area contributed by atoms with Crippen LogP contribution in [-0.2, 0) is 19.2 Å². The molecule has 1 aliphatic carbocycles. The molecule has 1 saturated carbocycles. The highest BCUT2D eigenvalue weighted by atomic mass is 16.4. The molecule has 20 heavy (non-hydrogen) atoms. The summed E-state index contributed by atoms with van der Waals surface area (Å²) in [6, 6.07) is 0. The van der Waals surface area contributed by atoms with E-state index in [1.54, 1.807) is 0 Å². The molecule has 0 heterocycles. The average molecular weight is 288 g/mol. The van der Waals surface area contributed by atoms with Crippen LogP contribution in [0.1, 0.15) is 25.7 Å². The molecule has 0 spiro atoms. The maximum absolute atomic E-state index is 11.1. The lowest BCUT2D eigenvalue weighted by Gasteiger charge is -2.28. The first-order valence-electron chi connectivity index (χ1n) is 6.15. The van der Waals surface area contributed by atoms with Crippen LogP contribution in [-0.4, -0.2) is 44.3 Å². The molecule has 0 aromatic heterocycles. The number of carboxylic acids is 4. The third-order valence-corrected chi connectivity index (χ3v) is 3.75. The number of aliphatic carboxylic acids is 4. The molecule has 0 saturated heterocycles. The van der Waals surface area contributed by atoms with E-state index in [-0.39, 0.29) is 25.7 Å². The van der Waals surface area contributed by atoms with E-state index >= 15 is 0 Å². The Labute approximate surface area is 114 Å². The lowest BCUT2D eigenvalue weighted by molar-refractivity contribution is -0.158. The normalized spacial score (nSPS) is 30.8. The van der Waals surface area contributed by atoms with Crippen molar-refractivity contribution in [2.45, 2.75) is 25.7 Å². The molecular weight excluding hydrogens is 272 g/mol. The van der Waals surface area contributed by atoms with Gasteiger partial charge in [-0.2, -0.15) is 0 Å². The Morgan fingerprint density at radius 1 is 0.600 bits per heavy atom. The van der Waals surface area contributed by atoms with Crippen LogP contribution in [0.5, 0.6) is 0 Å². The summed E-state index contributed by atoms with van der Waals surface area (Å²) in [7, 11) is 0. The van der Waals surface area contributed by atoms with Crippen molar-refractivity contribution in [3.05, 3.63) is 0 Å². The van der Waals surface area contributed by atoms with Gasteiger partial charge in [-0.05, 0) is 25.7 Å². The van der Waals surface area contributed by atoms with Gasteiger partial charge < -0.3 is 20.4 Å². The Balaban J connectivity index is 3.06. The Hall–Kier alpha value is -2.12. The number of carbonyl (C=O) groups is 4. The highest BCUT2D eigenvalue weighted by molar-refractivity contribution is 5.81. The van der Waals surface area contributed by atoms with E-state index < -0.39 is 47.5 Å². The van der Waals surface area contributed by atoms with Gasteiger partial charge in [0.05, 0.1) is 23.7 Å². The highest BCUT2D eigenvalue weighted by Crippen LogP contribution is 2.34. The van der Waals surface area contributed by atoms with Crippen molar-refractivity contribution in [1.82, 2.24) is 0 Å². The first kappa shape index (κ1) is 15.9. The molecule has 8 nitrogen and oxygen atoms in total. The lowest BCUT2D eigenvalue weighted by Crippen LogP contribution is -2.37. The van der Waals surface area contributed by atoms with E-state index in [1.807, 2.05) is 0 Å². The Kier molecular flexibility index (Phi) is 5.06. The largest absolute Gasteiger partial charge is 0.481 e. The molecule has 1 aliphatic rings. The summed E-state index contributed by atoms with van der Waals surface area (Å²) in [5, 5.41) is 36.2.